The van der Waals surface area contributed by atoms with Crippen molar-refractivity contribution in [3.63, 3.8) is 0 Å². The maximum atomic E-state index is 11.0. The molecule has 1 aromatic rings. The first-order chi connectivity index (χ1) is 9.12. The van der Waals surface area contributed by atoms with Crippen molar-refractivity contribution in [1.29, 1.82) is 0 Å². The molecule has 1 aromatic carbocycles. The first kappa shape index (κ1) is 15.3. The lowest BCUT2D eigenvalue weighted by Gasteiger charge is -2.20. The molecule has 0 bridgehead atoms. The highest BCUT2D eigenvalue weighted by atomic mass is 16.5. The molecule has 4 heteroatoms. The maximum absolute atomic E-state index is 11.0. The van der Waals surface area contributed by atoms with Crippen LogP contribution in [0.4, 0.5) is 5.69 Å². The first-order valence-corrected chi connectivity index (χ1v) is 6.80. The number of benzene rings is 1. The largest absolute Gasteiger partial charge is 0.495 e. The summed E-state index contributed by atoms with van der Waals surface area (Å²) in [6, 6.07) is 5.24. The number of ether oxygens (including phenoxy) is 1. The van der Waals surface area contributed by atoms with Gasteiger partial charge in [0.25, 0.3) is 0 Å². The normalized spacial score (nSPS) is 10.5. The third-order valence-electron chi connectivity index (χ3n) is 3.08. The van der Waals surface area contributed by atoms with E-state index < -0.39 is 5.97 Å². The van der Waals surface area contributed by atoms with E-state index in [1.165, 1.54) is 0 Å². The average molecular weight is 265 g/mol. The molecule has 1 rings (SSSR count). The molecule has 0 spiro atoms. The molecule has 106 valence electrons. The number of hydrogen-bond acceptors (Lipinski definition) is 3. The Bertz CT molecular complexity index is 412. The van der Waals surface area contributed by atoms with E-state index in [2.05, 4.69) is 19.2 Å². The molecule has 0 aromatic heterocycles. The van der Waals surface area contributed by atoms with E-state index in [1.54, 1.807) is 25.3 Å². The van der Waals surface area contributed by atoms with Gasteiger partial charge >= 0.3 is 5.97 Å². The summed E-state index contributed by atoms with van der Waals surface area (Å²) in [4.78, 5) is 11.0. The van der Waals surface area contributed by atoms with Gasteiger partial charge in [-0.1, -0.05) is 26.7 Å². The van der Waals surface area contributed by atoms with Crippen LogP contribution < -0.4 is 10.1 Å². The number of carboxylic acids is 1. The lowest BCUT2D eigenvalue weighted by Crippen LogP contribution is -2.19. The quantitative estimate of drug-likeness (QED) is 0.751. The van der Waals surface area contributed by atoms with Gasteiger partial charge in [-0.2, -0.15) is 0 Å². The smallest absolute Gasteiger partial charge is 0.335 e. The van der Waals surface area contributed by atoms with Gasteiger partial charge in [0.1, 0.15) is 5.75 Å². The van der Waals surface area contributed by atoms with Crippen molar-refractivity contribution >= 4 is 11.7 Å². The highest BCUT2D eigenvalue weighted by Gasteiger charge is 2.12. The van der Waals surface area contributed by atoms with Gasteiger partial charge in [-0.3, -0.25) is 0 Å². The Morgan fingerprint density at radius 2 is 1.95 bits per heavy atom. The second-order valence-corrected chi connectivity index (χ2v) is 4.64. The molecule has 0 radical (unpaired) electrons. The minimum absolute atomic E-state index is 0.273. The lowest BCUT2D eigenvalue weighted by molar-refractivity contribution is 0.0697. The van der Waals surface area contributed by atoms with Crippen LogP contribution in [-0.2, 0) is 0 Å². The predicted molar refractivity (Wildman–Crippen MR) is 77.2 cm³/mol. The van der Waals surface area contributed by atoms with Gasteiger partial charge < -0.3 is 15.2 Å². The predicted octanol–water partition coefficient (Wildman–Crippen LogP) is 3.77. The summed E-state index contributed by atoms with van der Waals surface area (Å²) in [5.74, 6) is -0.240. The summed E-state index contributed by atoms with van der Waals surface area (Å²) in [6.45, 7) is 4.30. The standard InChI is InChI=1S/C15H23NO3/c1-4-6-12(7-5-2)16-13-10-11(15(17)18)8-9-14(13)19-3/h8-10,12,16H,4-7H2,1-3H3,(H,17,18). The number of anilines is 1. The fraction of sp³-hybridized carbons (Fsp3) is 0.533. The monoisotopic (exact) mass is 265 g/mol. The zero-order valence-corrected chi connectivity index (χ0v) is 11.9. The zero-order valence-electron chi connectivity index (χ0n) is 11.9. The number of nitrogens with one attached hydrogen (secondary N) is 1. The summed E-state index contributed by atoms with van der Waals surface area (Å²) in [6.07, 6.45) is 4.32. The van der Waals surface area contributed by atoms with Crippen LogP contribution in [0.5, 0.6) is 5.75 Å². The maximum Gasteiger partial charge on any atom is 0.335 e. The number of carboxylic acid groups (broad SMARTS) is 1. The number of rotatable bonds is 8. The van der Waals surface area contributed by atoms with E-state index in [4.69, 9.17) is 9.84 Å². The molecule has 0 aliphatic carbocycles. The molecule has 0 aliphatic rings. The number of methoxy groups -OCH3 is 1. The Labute approximate surface area is 114 Å². The lowest BCUT2D eigenvalue weighted by atomic mass is 10.1. The Kier molecular flexibility index (Phi) is 6.19. The molecule has 0 amide bonds. The fourth-order valence-electron chi connectivity index (χ4n) is 2.16. The number of hydrogen-bond donors (Lipinski definition) is 2. The summed E-state index contributed by atoms with van der Waals surface area (Å²) < 4.78 is 5.28. The van der Waals surface area contributed by atoms with Crippen LogP contribution in [0.3, 0.4) is 0 Å². The van der Waals surface area contributed by atoms with E-state index >= 15 is 0 Å². The topological polar surface area (TPSA) is 58.6 Å². The van der Waals surface area contributed by atoms with Gasteiger partial charge in [-0.05, 0) is 31.0 Å². The molecule has 0 unspecified atom stereocenters. The zero-order chi connectivity index (χ0) is 14.3. The second-order valence-electron chi connectivity index (χ2n) is 4.64. The first-order valence-electron chi connectivity index (χ1n) is 6.80. The van der Waals surface area contributed by atoms with E-state index in [0.29, 0.717) is 11.8 Å². The fourth-order valence-corrected chi connectivity index (χ4v) is 2.16. The van der Waals surface area contributed by atoms with Crippen LogP contribution in [0, 0.1) is 0 Å². The molecule has 2 N–H and O–H groups in total. The van der Waals surface area contributed by atoms with Crippen LogP contribution in [0.1, 0.15) is 49.9 Å². The van der Waals surface area contributed by atoms with E-state index in [1.807, 2.05) is 0 Å². The van der Waals surface area contributed by atoms with Crippen LogP contribution in [-0.4, -0.2) is 24.2 Å². The molecule has 19 heavy (non-hydrogen) atoms. The van der Waals surface area contributed by atoms with Gasteiger partial charge in [0.2, 0.25) is 0 Å². The Morgan fingerprint density at radius 3 is 2.42 bits per heavy atom. The molecule has 0 saturated heterocycles. The van der Waals surface area contributed by atoms with E-state index in [0.717, 1.165) is 31.4 Å². The van der Waals surface area contributed by atoms with Crippen molar-refractivity contribution in [3.05, 3.63) is 23.8 Å². The van der Waals surface area contributed by atoms with Crippen molar-refractivity contribution in [2.45, 2.75) is 45.6 Å². The van der Waals surface area contributed by atoms with E-state index in [-0.39, 0.29) is 5.56 Å². The molecular weight excluding hydrogens is 242 g/mol. The molecule has 4 nitrogen and oxygen atoms in total. The van der Waals surface area contributed by atoms with Crippen LogP contribution in [0.15, 0.2) is 18.2 Å². The summed E-state index contributed by atoms with van der Waals surface area (Å²) in [5, 5.41) is 12.5. The van der Waals surface area contributed by atoms with Gasteiger partial charge in [-0.15, -0.1) is 0 Å². The Balaban J connectivity index is 2.94. The van der Waals surface area contributed by atoms with Crippen LogP contribution in [0.2, 0.25) is 0 Å². The highest BCUT2D eigenvalue weighted by molar-refractivity contribution is 5.89. The van der Waals surface area contributed by atoms with E-state index in [9.17, 15) is 4.79 Å². The Hall–Kier alpha value is -1.71. The average Bonchev–Trinajstić information content (AvgIpc) is 2.39. The minimum atomic E-state index is -0.923. The van der Waals surface area contributed by atoms with Crippen molar-refractivity contribution < 1.29 is 14.6 Å². The van der Waals surface area contributed by atoms with Gasteiger partial charge in [0, 0.05) is 6.04 Å². The summed E-state index contributed by atoms with van der Waals surface area (Å²) in [5.41, 5.74) is 1.03. The van der Waals surface area contributed by atoms with Gasteiger partial charge in [0.15, 0.2) is 0 Å². The molecule has 0 heterocycles. The van der Waals surface area contributed by atoms with Gasteiger partial charge in [0.05, 0.1) is 18.4 Å². The summed E-state index contributed by atoms with van der Waals surface area (Å²) in [7, 11) is 1.59. The van der Waals surface area contributed by atoms with Crippen LogP contribution in [0.25, 0.3) is 0 Å². The van der Waals surface area contributed by atoms with Gasteiger partial charge in [-0.25, -0.2) is 4.79 Å². The molecule has 0 fully saturated rings. The Morgan fingerprint density at radius 1 is 1.32 bits per heavy atom. The SMILES string of the molecule is CCCC(CCC)Nc1cc(C(=O)O)ccc1OC. The number of carbonyl (C=O) groups is 1. The van der Waals surface area contributed by atoms with Crippen molar-refractivity contribution in [3.8, 4) is 5.75 Å². The number of aromatic carboxylic acids is 1. The molecule has 0 aliphatic heterocycles. The highest BCUT2D eigenvalue weighted by Crippen LogP contribution is 2.27. The van der Waals surface area contributed by atoms with Crippen molar-refractivity contribution in [1.82, 2.24) is 0 Å². The molecule has 0 saturated carbocycles. The van der Waals surface area contributed by atoms with Crippen molar-refractivity contribution in [2.75, 3.05) is 12.4 Å². The third-order valence-corrected chi connectivity index (χ3v) is 3.08. The second kappa shape index (κ2) is 7.67. The minimum Gasteiger partial charge on any atom is -0.495 e. The summed E-state index contributed by atoms with van der Waals surface area (Å²) >= 11 is 0. The molecular formula is C15H23NO3. The van der Waals surface area contributed by atoms with Crippen molar-refractivity contribution in [2.24, 2.45) is 0 Å². The van der Waals surface area contributed by atoms with Crippen LogP contribution >= 0.6 is 0 Å². The third kappa shape index (κ3) is 4.47. The molecule has 0 atom stereocenters.